The van der Waals surface area contributed by atoms with E-state index in [4.69, 9.17) is 4.98 Å². The van der Waals surface area contributed by atoms with E-state index in [1.807, 2.05) is 4.90 Å². The predicted octanol–water partition coefficient (Wildman–Crippen LogP) is 2.79. The Balaban J connectivity index is 2.05. The molecule has 1 aliphatic rings. The van der Waals surface area contributed by atoms with Crippen LogP contribution in [0.1, 0.15) is 49.2 Å². The molecule has 0 radical (unpaired) electrons. The highest BCUT2D eigenvalue weighted by atomic mass is 32.1. The molecule has 5 heteroatoms. The SMILES string of the molecule is CNC(=O)N1CCC[C@@H](c2nc(C(C)C)cs2)C1. The molecule has 1 fully saturated rings. The molecule has 0 aromatic carbocycles. The number of carbonyl (C=O) groups is 1. The zero-order valence-electron chi connectivity index (χ0n) is 11.3. The molecule has 1 atom stereocenters. The molecule has 1 aromatic heterocycles. The lowest BCUT2D eigenvalue weighted by atomic mass is 9.99. The number of aromatic nitrogens is 1. The zero-order valence-corrected chi connectivity index (χ0v) is 12.1. The number of urea groups is 1. The van der Waals surface area contributed by atoms with Gasteiger partial charge in [-0.1, -0.05) is 13.8 Å². The maximum Gasteiger partial charge on any atom is 0.317 e. The van der Waals surface area contributed by atoms with E-state index in [-0.39, 0.29) is 6.03 Å². The molecule has 2 amide bonds. The number of piperidine rings is 1. The Labute approximate surface area is 112 Å². The van der Waals surface area contributed by atoms with Crippen LogP contribution in [0.2, 0.25) is 0 Å². The highest BCUT2D eigenvalue weighted by molar-refractivity contribution is 7.09. The van der Waals surface area contributed by atoms with E-state index < -0.39 is 0 Å². The summed E-state index contributed by atoms with van der Waals surface area (Å²) in [5.41, 5.74) is 1.17. The summed E-state index contributed by atoms with van der Waals surface area (Å²) in [4.78, 5) is 18.3. The summed E-state index contributed by atoms with van der Waals surface area (Å²) in [6.07, 6.45) is 2.20. The van der Waals surface area contributed by atoms with Crippen LogP contribution in [0.5, 0.6) is 0 Å². The van der Waals surface area contributed by atoms with Gasteiger partial charge in [-0.15, -0.1) is 11.3 Å². The van der Waals surface area contributed by atoms with Crippen molar-refractivity contribution in [1.29, 1.82) is 0 Å². The summed E-state index contributed by atoms with van der Waals surface area (Å²) >= 11 is 1.74. The minimum Gasteiger partial charge on any atom is -0.341 e. The van der Waals surface area contributed by atoms with Crippen LogP contribution in [0.4, 0.5) is 4.79 Å². The average molecular weight is 267 g/mol. The van der Waals surface area contributed by atoms with Gasteiger partial charge in [-0.25, -0.2) is 9.78 Å². The second-order valence-corrected chi connectivity index (χ2v) is 6.00. The first-order valence-corrected chi connectivity index (χ1v) is 7.41. The van der Waals surface area contributed by atoms with Gasteiger partial charge in [-0.3, -0.25) is 0 Å². The van der Waals surface area contributed by atoms with E-state index in [9.17, 15) is 4.79 Å². The van der Waals surface area contributed by atoms with Crippen LogP contribution in [0.25, 0.3) is 0 Å². The fourth-order valence-corrected chi connectivity index (χ4v) is 3.38. The van der Waals surface area contributed by atoms with Crippen LogP contribution in [0.15, 0.2) is 5.38 Å². The molecule has 1 aromatic rings. The molecule has 0 saturated carbocycles. The Kier molecular flexibility index (Phi) is 4.22. The van der Waals surface area contributed by atoms with E-state index in [0.717, 1.165) is 25.9 Å². The normalized spacial score (nSPS) is 20.2. The summed E-state index contributed by atoms with van der Waals surface area (Å²) in [6, 6.07) is 0.0281. The minimum absolute atomic E-state index is 0.0281. The van der Waals surface area contributed by atoms with Gasteiger partial charge in [-0.05, 0) is 18.8 Å². The Hall–Kier alpha value is -1.10. The summed E-state index contributed by atoms with van der Waals surface area (Å²) < 4.78 is 0. The van der Waals surface area contributed by atoms with Crippen molar-refractivity contribution in [3.63, 3.8) is 0 Å². The quantitative estimate of drug-likeness (QED) is 0.895. The fraction of sp³-hybridized carbons (Fsp3) is 0.692. The molecule has 1 aliphatic heterocycles. The molecular weight excluding hydrogens is 246 g/mol. The van der Waals surface area contributed by atoms with Crippen molar-refractivity contribution >= 4 is 17.4 Å². The Morgan fingerprint density at radius 2 is 2.39 bits per heavy atom. The van der Waals surface area contributed by atoms with Crippen LogP contribution < -0.4 is 5.32 Å². The molecule has 18 heavy (non-hydrogen) atoms. The van der Waals surface area contributed by atoms with Crippen LogP contribution in [-0.2, 0) is 0 Å². The highest BCUT2D eigenvalue weighted by Crippen LogP contribution is 2.30. The van der Waals surface area contributed by atoms with Crippen LogP contribution in [0.3, 0.4) is 0 Å². The van der Waals surface area contributed by atoms with Crippen molar-refractivity contribution in [2.24, 2.45) is 0 Å². The molecule has 4 nitrogen and oxygen atoms in total. The van der Waals surface area contributed by atoms with Crippen molar-refractivity contribution in [1.82, 2.24) is 15.2 Å². The van der Waals surface area contributed by atoms with Gasteiger partial charge >= 0.3 is 6.03 Å². The molecule has 0 aliphatic carbocycles. The van der Waals surface area contributed by atoms with Crippen molar-refractivity contribution in [2.45, 2.75) is 38.5 Å². The second kappa shape index (κ2) is 5.69. The van der Waals surface area contributed by atoms with E-state index in [1.165, 1.54) is 10.7 Å². The number of hydrogen-bond acceptors (Lipinski definition) is 3. The average Bonchev–Trinajstić information content (AvgIpc) is 2.88. The third-order valence-electron chi connectivity index (χ3n) is 3.40. The maximum absolute atomic E-state index is 11.7. The lowest BCUT2D eigenvalue weighted by Gasteiger charge is -2.31. The number of amides is 2. The van der Waals surface area contributed by atoms with Crippen LogP contribution in [0, 0.1) is 0 Å². The van der Waals surface area contributed by atoms with Crippen molar-refractivity contribution in [2.75, 3.05) is 20.1 Å². The zero-order chi connectivity index (χ0) is 13.1. The van der Waals surface area contributed by atoms with E-state index in [1.54, 1.807) is 18.4 Å². The van der Waals surface area contributed by atoms with Gasteiger partial charge in [0, 0.05) is 31.4 Å². The third-order valence-corrected chi connectivity index (χ3v) is 4.43. The molecule has 0 unspecified atom stereocenters. The maximum atomic E-state index is 11.7. The van der Waals surface area contributed by atoms with Gasteiger partial charge in [0.15, 0.2) is 0 Å². The monoisotopic (exact) mass is 267 g/mol. The van der Waals surface area contributed by atoms with E-state index >= 15 is 0 Å². The number of nitrogens with zero attached hydrogens (tertiary/aromatic N) is 2. The number of nitrogens with one attached hydrogen (secondary N) is 1. The van der Waals surface area contributed by atoms with Crippen molar-refractivity contribution in [3.05, 3.63) is 16.1 Å². The van der Waals surface area contributed by atoms with E-state index in [0.29, 0.717) is 11.8 Å². The number of likely N-dealkylation sites (tertiary alicyclic amines) is 1. The molecule has 0 bridgehead atoms. The topological polar surface area (TPSA) is 45.2 Å². The number of rotatable bonds is 2. The molecule has 2 heterocycles. The predicted molar refractivity (Wildman–Crippen MR) is 74.2 cm³/mol. The molecule has 0 spiro atoms. The van der Waals surface area contributed by atoms with Gasteiger partial charge < -0.3 is 10.2 Å². The molecule has 100 valence electrons. The van der Waals surface area contributed by atoms with Crippen molar-refractivity contribution < 1.29 is 4.79 Å². The van der Waals surface area contributed by atoms with Gasteiger partial charge in [0.2, 0.25) is 0 Å². The van der Waals surface area contributed by atoms with Gasteiger partial charge in [0.25, 0.3) is 0 Å². The summed E-state index contributed by atoms with van der Waals surface area (Å²) in [6.45, 7) is 5.98. The summed E-state index contributed by atoms with van der Waals surface area (Å²) in [5, 5.41) is 6.04. The Morgan fingerprint density at radius 1 is 1.61 bits per heavy atom. The van der Waals surface area contributed by atoms with Crippen molar-refractivity contribution in [3.8, 4) is 0 Å². The Bertz CT molecular complexity index is 416. The lowest BCUT2D eigenvalue weighted by Crippen LogP contribution is -2.43. The fourth-order valence-electron chi connectivity index (χ4n) is 2.27. The second-order valence-electron chi connectivity index (χ2n) is 5.11. The minimum atomic E-state index is 0.0281. The number of hydrogen-bond donors (Lipinski definition) is 1. The first-order chi connectivity index (χ1) is 8.61. The van der Waals surface area contributed by atoms with Gasteiger partial charge in [-0.2, -0.15) is 0 Å². The van der Waals surface area contributed by atoms with Gasteiger partial charge in [0.05, 0.1) is 10.7 Å². The summed E-state index contributed by atoms with van der Waals surface area (Å²) in [5.74, 6) is 0.891. The first-order valence-electron chi connectivity index (χ1n) is 6.53. The number of carbonyl (C=O) groups excluding carboxylic acids is 1. The van der Waals surface area contributed by atoms with Gasteiger partial charge in [0.1, 0.15) is 0 Å². The smallest absolute Gasteiger partial charge is 0.317 e. The standard InChI is InChI=1S/C13H21N3OS/c1-9(2)11-8-18-12(15-11)10-5-4-6-16(7-10)13(17)14-3/h8-10H,4-7H2,1-3H3,(H,14,17)/t10-/m1/s1. The Morgan fingerprint density at radius 3 is 3.00 bits per heavy atom. The first kappa shape index (κ1) is 13.3. The van der Waals surface area contributed by atoms with Crippen LogP contribution >= 0.6 is 11.3 Å². The third kappa shape index (κ3) is 2.83. The van der Waals surface area contributed by atoms with Crippen LogP contribution in [-0.4, -0.2) is 36.1 Å². The molecule has 1 saturated heterocycles. The summed E-state index contributed by atoms with van der Waals surface area (Å²) in [7, 11) is 1.69. The molecular formula is C13H21N3OS. The van der Waals surface area contributed by atoms with E-state index in [2.05, 4.69) is 24.5 Å². The molecule has 1 N–H and O–H groups in total. The highest BCUT2D eigenvalue weighted by Gasteiger charge is 2.26. The largest absolute Gasteiger partial charge is 0.341 e. The lowest BCUT2D eigenvalue weighted by molar-refractivity contribution is 0.181. The number of thiazole rings is 1. The molecule has 2 rings (SSSR count).